The summed E-state index contributed by atoms with van der Waals surface area (Å²) >= 11 is 0. The maximum atomic E-state index is 12.6. The second kappa shape index (κ2) is 44.5. The van der Waals surface area contributed by atoms with Gasteiger partial charge in [-0.25, -0.2) is 0 Å². The van der Waals surface area contributed by atoms with Gasteiger partial charge in [0.05, 0.1) is 13.2 Å². The second-order valence-corrected chi connectivity index (χ2v) is 18.4. The lowest BCUT2D eigenvalue weighted by Gasteiger charge is -2.18. The van der Waals surface area contributed by atoms with E-state index in [4.69, 9.17) is 23.7 Å². The van der Waals surface area contributed by atoms with Crippen LogP contribution in [-0.4, -0.2) is 87.9 Å². The zero-order valence-corrected chi connectivity index (χ0v) is 41.6. The molecule has 0 bridgehead atoms. The van der Waals surface area contributed by atoms with Crippen LogP contribution in [0.3, 0.4) is 0 Å². The van der Waals surface area contributed by atoms with Crippen molar-refractivity contribution >= 4 is 29.8 Å². The fourth-order valence-corrected chi connectivity index (χ4v) is 7.64. The molecule has 3 unspecified atom stereocenters. The molecule has 63 heavy (non-hydrogen) atoms. The molecule has 0 aromatic rings. The van der Waals surface area contributed by atoms with Gasteiger partial charge in [0.15, 0.2) is 6.10 Å². The summed E-state index contributed by atoms with van der Waals surface area (Å²) in [5.74, 6) is -0.717. The van der Waals surface area contributed by atoms with Crippen molar-refractivity contribution < 1.29 is 47.7 Å². The number of esters is 5. The van der Waals surface area contributed by atoms with Crippen molar-refractivity contribution in [1.82, 2.24) is 4.90 Å². The Kier molecular flexibility index (Phi) is 42.6. The lowest BCUT2D eigenvalue weighted by atomic mass is 9.95. The summed E-state index contributed by atoms with van der Waals surface area (Å²) in [5, 5.41) is 0. The molecule has 0 saturated heterocycles. The third-order valence-electron chi connectivity index (χ3n) is 11.7. The number of carbonyl (C=O) groups is 5. The van der Waals surface area contributed by atoms with E-state index in [0.29, 0.717) is 70.0 Å². The van der Waals surface area contributed by atoms with Crippen molar-refractivity contribution in [3.63, 3.8) is 0 Å². The highest BCUT2D eigenvalue weighted by atomic mass is 16.6. The van der Waals surface area contributed by atoms with E-state index >= 15 is 0 Å². The Hall–Kier alpha value is -2.69. The van der Waals surface area contributed by atoms with Crippen LogP contribution in [-0.2, 0) is 47.7 Å². The van der Waals surface area contributed by atoms with Gasteiger partial charge in [0.1, 0.15) is 13.2 Å². The van der Waals surface area contributed by atoms with Crippen molar-refractivity contribution in [1.29, 1.82) is 0 Å². The van der Waals surface area contributed by atoms with Gasteiger partial charge in [-0.2, -0.15) is 0 Å². The van der Waals surface area contributed by atoms with Crippen molar-refractivity contribution in [2.45, 2.75) is 246 Å². The first-order valence-corrected chi connectivity index (χ1v) is 26.0. The largest absolute Gasteiger partial charge is 0.465 e. The van der Waals surface area contributed by atoms with Gasteiger partial charge in [-0.3, -0.25) is 24.0 Å². The van der Waals surface area contributed by atoms with Crippen molar-refractivity contribution in [3.8, 4) is 0 Å². The molecule has 0 aromatic carbocycles. The molecular weight excluding hydrogens is 799 g/mol. The van der Waals surface area contributed by atoms with Crippen LogP contribution in [0, 0.1) is 11.8 Å². The smallest absolute Gasteiger partial charge is 0.306 e. The maximum Gasteiger partial charge on any atom is 0.306 e. The first-order chi connectivity index (χ1) is 30.5. The highest BCUT2D eigenvalue weighted by molar-refractivity contribution is 5.71. The first-order valence-electron chi connectivity index (χ1n) is 26.0. The first kappa shape index (κ1) is 60.3. The lowest BCUT2D eigenvalue weighted by Crippen LogP contribution is -2.31. The highest BCUT2D eigenvalue weighted by Crippen LogP contribution is 2.21. The molecule has 0 N–H and O–H groups in total. The SMILES string of the molecule is CCCCCCCCC(CCCCCC)COC(=O)CCCCCCC(=O)OCC(COC(=O)CCCCCC(=O)OCC(CCCC)CCCCCC)OC(=O)CCCN(C)C. The van der Waals surface area contributed by atoms with Crippen molar-refractivity contribution in [2.75, 3.05) is 47.1 Å². The minimum Gasteiger partial charge on any atom is -0.465 e. The third kappa shape index (κ3) is 41.7. The van der Waals surface area contributed by atoms with Crippen LogP contribution >= 0.6 is 0 Å². The molecule has 0 aromatic heterocycles. The molecule has 0 radical (unpaired) electrons. The zero-order chi connectivity index (χ0) is 46.6. The van der Waals surface area contributed by atoms with Gasteiger partial charge in [-0.05, 0) is 90.3 Å². The Balaban J connectivity index is 4.57. The predicted octanol–water partition coefficient (Wildman–Crippen LogP) is 12.8. The van der Waals surface area contributed by atoms with E-state index in [-0.39, 0.29) is 44.4 Å². The summed E-state index contributed by atoms with van der Waals surface area (Å²) in [6.45, 7) is 10.2. The van der Waals surface area contributed by atoms with E-state index in [1.54, 1.807) is 0 Å². The number of carbonyl (C=O) groups excluding carboxylic acids is 5. The number of nitrogens with zero attached hydrogens (tertiary/aromatic N) is 1. The van der Waals surface area contributed by atoms with E-state index in [0.717, 1.165) is 64.3 Å². The zero-order valence-electron chi connectivity index (χ0n) is 41.6. The molecule has 11 nitrogen and oxygen atoms in total. The summed E-state index contributed by atoms with van der Waals surface area (Å²) in [4.78, 5) is 64.7. The maximum absolute atomic E-state index is 12.6. The number of hydrogen-bond donors (Lipinski definition) is 0. The molecule has 0 aliphatic rings. The normalized spacial score (nSPS) is 12.7. The number of ether oxygens (including phenoxy) is 5. The van der Waals surface area contributed by atoms with E-state index < -0.39 is 24.0 Å². The van der Waals surface area contributed by atoms with Crippen LogP contribution < -0.4 is 0 Å². The molecule has 0 saturated carbocycles. The summed E-state index contributed by atoms with van der Waals surface area (Å²) in [5.41, 5.74) is 0. The molecule has 370 valence electrons. The third-order valence-corrected chi connectivity index (χ3v) is 11.7. The van der Waals surface area contributed by atoms with Crippen molar-refractivity contribution in [3.05, 3.63) is 0 Å². The predicted molar refractivity (Wildman–Crippen MR) is 254 cm³/mol. The van der Waals surface area contributed by atoms with Crippen LogP contribution in [0.2, 0.25) is 0 Å². The minimum absolute atomic E-state index is 0.134. The van der Waals surface area contributed by atoms with E-state index in [2.05, 4.69) is 27.7 Å². The van der Waals surface area contributed by atoms with Gasteiger partial charge < -0.3 is 28.6 Å². The average Bonchev–Trinajstić information content (AvgIpc) is 3.26. The average molecular weight is 896 g/mol. The quantitative estimate of drug-likeness (QED) is 0.0328. The second-order valence-electron chi connectivity index (χ2n) is 18.4. The van der Waals surface area contributed by atoms with E-state index in [1.165, 1.54) is 89.9 Å². The standard InChI is InChI=1S/C52H97NO10/c1-7-11-15-18-19-25-34-46(33-24-17-13-9-3)42-60-48(54)35-26-20-21-27-36-50(56)61-43-47(63-52(58)39-30-40-53(5)6)44-62-51(57)38-29-22-28-37-49(55)59-41-45(31-14-10-4)32-23-16-12-8-2/h45-47H,7-44H2,1-6H3. The van der Waals surface area contributed by atoms with Crippen LogP contribution in [0.15, 0.2) is 0 Å². The summed E-state index contributed by atoms with van der Waals surface area (Å²) in [6, 6.07) is 0. The minimum atomic E-state index is -0.903. The lowest BCUT2D eigenvalue weighted by molar-refractivity contribution is -0.167. The summed E-state index contributed by atoms with van der Waals surface area (Å²) in [7, 11) is 3.86. The Labute approximate surface area is 385 Å². The van der Waals surface area contributed by atoms with Gasteiger partial charge in [0.25, 0.3) is 0 Å². The summed E-state index contributed by atoms with van der Waals surface area (Å²) < 4.78 is 27.8. The van der Waals surface area contributed by atoms with Crippen LogP contribution in [0.25, 0.3) is 0 Å². The molecule has 0 rings (SSSR count). The molecule has 0 amide bonds. The topological polar surface area (TPSA) is 135 Å². The molecule has 0 fully saturated rings. The molecule has 3 atom stereocenters. The number of rotatable bonds is 46. The fourth-order valence-electron chi connectivity index (χ4n) is 7.64. The molecule has 11 heteroatoms. The van der Waals surface area contributed by atoms with E-state index in [9.17, 15) is 24.0 Å². The van der Waals surface area contributed by atoms with Gasteiger partial charge in [0.2, 0.25) is 0 Å². The van der Waals surface area contributed by atoms with Gasteiger partial charge >= 0.3 is 29.8 Å². The molecular formula is C52H97NO10. The fraction of sp³-hybridized carbons (Fsp3) is 0.904. The number of unbranched alkanes of at least 4 members (excludes halogenated alkanes) is 17. The van der Waals surface area contributed by atoms with E-state index in [1.807, 2.05) is 19.0 Å². The Morgan fingerprint density at radius 1 is 0.349 bits per heavy atom. The Bertz CT molecular complexity index is 1110. The van der Waals surface area contributed by atoms with Crippen LogP contribution in [0.1, 0.15) is 240 Å². The molecule has 0 spiro atoms. The monoisotopic (exact) mass is 896 g/mol. The van der Waals surface area contributed by atoms with Crippen LogP contribution in [0.5, 0.6) is 0 Å². The van der Waals surface area contributed by atoms with Crippen LogP contribution in [0.4, 0.5) is 0 Å². The summed E-state index contributed by atoms with van der Waals surface area (Å²) in [6.07, 6.45) is 30.0. The highest BCUT2D eigenvalue weighted by Gasteiger charge is 2.20. The van der Waals surface area contributed by atoms with Gasteiger partial charge in [-0.1, -0.05) is 150 Å². The molecule has 0 aliphatic carbocycles. The molecule has 0 heterocycles. The Morgan fingerprint density at radius 2 is 0.651 bits per heavy atom. The van der Waals surface area contributed by atoms with Gasteiger partial charge in [-0.15, -0.1) is 0 Å². The van der Waals surface area contributed by atoms with Crippen molar-refractivity contribution in [2.24, 2.45) is 11.8 Å². The number of hydrogen-bond acceptors (Lipinski definition) is 11. The Morgan fingerprint density at radius 3 is 1.05 bits per heavy atom. The van der Waals surface area contributed by atoms with Gasteiger partial charge in [0, 0.05) is 32.1 Å². The molecule has 0 aliphatic heterocycles.